The summed E-state index contributed by atoms with van der Waals surface area (Å²) in [4.78, 5) is 16.1. The van der Waals surface area contributed by atoms with E-state index in [-0.39, 0.29) is 23.8 Å². The monoisotopic (exact) mass is 297 g/mol. The molecule has 0 bridgehead atoms. The van der Waals surface area contributed by atoms with Crippen LogP contribution in [0.2, 0.25) is 0 Å². The number of amides is 1. The molecule has 0 saturated carbocycles. The van der Waals surface area contributed by atoms with Gasteiger partial charge in [-0.2, -0.15) is 0 Å². The van der Waals surface area contributed by atoms with Gasteiger partial charge in [0.25, 0.3) is 0 Å². The molecule has 0 aliphatic rings. The number of carbonyl (C=O) groups is 1. The van der Waals surface area contributed by atoms with Gasteiger partial charge < -0.3 is 9.88 Å². The van der Waals surface area contributed by atoms with Gasteiger partial charge in [0.1, 0.15) is 17.9 Å². The lowest BCUT2D eigenvalue weighted by Gasteiger charge is -2.10. The molecule has 0 fully saturated rings. The highest BCUT2D eigenvalue weighted by Gasteiger charge is 2.15. The Morgan fingerprint density at radius 1 is 1.50 bits per heavy atom. The number of imidazole rings is 1. The first-order chi connectivity index (χ1) is 9.52. The zero-order chi connectivity index (χ0) is 14.7. The summed E-state index contributed by atoms with van der Waals surface area (Å²) in [5.41, 5.74) is 0.833. The molecule has 2 rings (SSSR count). The number of hydrogen-bond donors (Lipinski definition) is 1. The molecule has 0 atom stereocenters. The first kappa shape index (κ1) is 14.8. The van der Waals surface area contributed by atoms with Crippen LogP contribution < -0.4 is 5.32 Å². The molecule has 108 valence electrons. The van der Waals surface area contributed by atoms with Gasteiger partial charge in [0, 0.05) is 6.54 Å². The summed E-state index contributed by atoms with van der Waals surface area (Å²) in [6.45, 7) is 4.74. The molecule has 0 saturated heterocycles. The van der Waals surface area contributed by atoms with E-state index < -0.39 is 5.82 Å². The van der Waals surface area contributed by atoms with E-state index in [0.29, 0.717) is 23.8 Å². The molecule has 1 heterocycles. The number of benzene rings is 1. The molecule has 0 aliphatic heterocycles. The van der Waals surface area contributed by atoms with Crippen LogP contribution in [0.25, 0.3) is 11.0 Å². The van der Waals surface area contributed by atoms with Crippen LogP contribution in [0.3, 0.4) is 0 Å². The quantitative estimate of drug-likeness (QED) is 0.863. The Kier molecular flexibility index (Phi) is 4.60. The van der Waals surface area contributed by atoms with Gasteiger partial charge in [-0.25, -0.2) is 9.37 Å². The number of hydrogen-bond acceptors (Lipinski definition) is 2. The second-order valence-electron chi connectivity index (χ2n) is 5.05. The first-order valence-corrected chi connectivity index (χ1v) is 7.02. The third-order valence-electron chi connectivity index (χ3n) is 2.94. The van der Waals surface area contributed by atoms with Gasteiger partial charge >= 0.3 is 0 Å². The Balaban J connectivity index is 2.28. The average molecular weight is 298 g/mol. The third kappa shape index (κ3) is 3.10. The number of aromatic nitrogens is 2. The van der Waals surface area contributed by atoms with Crippen LogP contribution >= 0.6 is 11.6 Å². The zero-order valence-electron chi connectivity index (χ0n) is 11.5. The van der Waals surface area contributed by atoms with Gasteiger partial charge in [-0.15, -0.1) is 11.6 Å². The molecule has 0 spiro atoms. The normalized spacial score (nSPS) is 11.2. The van der Waals surface area contributed by atoms with Crippen molar-refractivity contribution >= 4 is 28.5 Å². The fourth-order valence-corrected chi connectivity index (χ4v) is 2.16. The summed E-state index contributed by atoms with van der Waals surface area (Å²) in [6, 6.07) is 4.67. The second kappa shape index (κ2) is 6.22. The number of rotatable bonds is 5. The summed E-state index contributed by atoms with van der Waals surface area (Å²) in [6.07, 6.45) is 0. The van der Waals surface area contributed by atoms with Crippen molar-refractivity contribution < 1.29 is 9.18 Å². The second-order valence-corrected chi connectivity index (χ2v) is 5.32. The summed E-state index contributed by atoms with van der Waals surface area (Å²) in [5.74, 6) is 0.463. The summed E-state index contributed by atoms with van der Waals surface area (Å²) < 4.78 is 15.3. The van der Waals surface area contributed by atoms with Crippen molar-refractivity contribution in [2.24, 2.45) is 5.92 Å². The third-order valence-corrected chi connectivity index (χ3v) is 3.18. The molecular weight excluding hydrogens is 281 g/mol. The first-order valence-electron chi connectivity index (χ1n) is 6.49. The molecule has 0 radical (unpaired) electrons. The lowest BCUT2D eigenvalue weighted by atomic mass is 10.2. The number of nitrogens with zero attached hydrogens (tertiary/aromatic N) is 2. The highest BCUT2D eigenvalue weighted by molar-refractivity contribution is 6.16. The lowest BCUT2D eigenvalue weighted by Crippen LogP contribution is -2.31. The zero-order valence-corrected chi connectivity index (χ0v) is 12.2. The Labute approximate surface area is 121 Å². The van der Waals surface area contributed by atoms with Crippen molar-refractivity contribution in [3.63, 3.8) is 0 Å². The minimum Gasteiger partial charge on any atom is -0.354 e. The van der Waals surface area contributed by atoms with Crippen molar-refractivity contribution in [1.82, 2.24) is 14.9 Å². The minimum atomic E-state index is -0.407. The van der Waals surface area contributed by atoms with Gasteiger partial charge in [0.05, 0.1) is 11.4 Å². The van der Waals surface area contributed by atoms with E-state index in [9.17, 15) is 9.18 Å². The maximum Gasteiger partial charge on any atom is 0.240 e. The molecule has 0 aliphatic carbocycles. The number of nitrogens with one attached hydrogen (secondary N) is 1. The Morgan fingerprint density at radius 3 is 2.90 bits per heavy atom. The highest BCUT2D eigenvalue weighted by Crippen LogP contribution is 2.20. The van der Waals surface area contributed by atoms with Crippen molar-refractivity contribution in [2.45, 2.75) is 26.3 Å². The molecule has 1 amide bonds. The molecule has 2 aromatic rings. The molecule has 6 heteroatoms. The largest absolute Gasteiger partial charge is 0.354 e. The Hall–Kier alpha value is -1.62. The van der Waals surface area contributed by atoms with Crippen LogP contribution in [0.15, 0.2) is 18.2 Å². The smallest absolute Gasteiger partial charge is 0.240 e. The molecule has 1 aromatic heterocycles. The van der Waals surface area contributed by atoms with E-state index in [1.54, 1.807) is 16.7 Å². The van der Waals surface area contributed by atoms with Crippen LogP contribution in [0, 0.1) is 11.7 Å². The number of carbonyl (C=O) groups excluding carboxylic acids is 1. The summed E-state index contributed by atoms with van der Waals surface area (Å²) >= 11 is 5.83. The van der Waals surface area contributed by atoms with Gasteiger partial charge in [-0.3, -0.25) is 4.79 Å². The van der Waals surface area contributed by atoms with E-state index in [1.807, 2.05) is 13.8 Å². The average Bonchev–Trinajstić information content (AvgIpc) is 2.76. The molecule has 4 nitrogen and oxygen atoms in total. The fourth-order valence-electron chi connectivity index (χ4n) is 1.96. The standard InChI is InChI=1S/C14H17ClFN3O/c1-9(2)7-17-13(20)8-19-11-5-3-4-10(16)14(11)18-12(19)6-15/h3-5,9H,6-8H2,1-2H3,(H,17,20). The number of alkyl halides is 1. The van der Waals surface area contributed by atoms with Gasteiger partial charge in [-0.1, -0.05) is 19.9 Å². The maximum absolute atomic E-state index is 13.7. The van der Waals surface area contributed by atoms with E-state index >= 15 is 0 Å². The van der Waals surface area contributed by atoms with Crippen molar-refractivity contribution in [1.29, 1.82) is 0 Å². The van der Waals surface area contributed by atoms with Crippen molar-refractivity contribution in [2.75, 3.05) is 6.54 Å². The van der Waals surface area contributed by atoms with Gasteiger partial charge in [0.2, 0.25) is 5.91 Å². The fraction of sp³-hybridized carbons (Fsp3) is 0.429. The Morgan fingerprint density at radius 2 is 2.25 bits per heavy atom. The van der Waals surface area contributed by atoms with Gasteiger partial charge in [-0.05, 0) is 18.1 Å². The van der Waals surface area contributed by atoms with Crippen LogP contribution in [0.4, 0.5) is 4.39 Å². The van der Waals surface area contributed by atoms with Crippen LogP contribution in [0.1, 0.15) is 19.7 Å². The van der Waals surface area contributed by atoms with Crippen LogP contribution in [-0.2, 0) is 17.2 Å². The molecular formula is C14H17ClFN3O. The molecule has 1 aromatic carbocycles. The van der Waals surface area contributed by atoms with E-state index in [1.165, 1.54) is 6.07 Å². The molecule has 20 heavy (non-hydrogen) atoms. The van der Waals surface area contributed by atoms with Gasteiger partial charge in [0.15, 0.2) is 5.82 Å². The molecule has 1 N–H and O–H groups in total. The number of para-hydroxylation sites is 1. The molecule has 0 unspecified atom stereocenters. The number of fused-ring (bicyclic) bond motifs is 1. The van der Waals surface area contributed by atoms with E-state index in [4.69, 9.17) is 11.6 Å². The summed E-state index contributed by atoms with van der Waals surface area (Å²) in [7, 11) is 0. The summed E-state index contributed by atoms with van der Waals surface area (Å²) in [5, 5.41) is 2.83. The van der Waals surface area contributed by atoms with Crippen LogP contribution in [-0.4, -0.2) is 22.0 Å². The van der Waals surface area contributed by atoms with E-state index in [0.717, 1.165) is 0 Å². The van der Waals surface area contributed by atoms with E-state index in [2.05, 4.69) is 10.3 Å². The minimum absolute atomic E-state index is 0.0920. The number of halogens is 2. The Bertz CT molecular complexity index is 624. The topological polar surface area (TPSA) is 46.9 Å². The highest BCUT2D eigenvalue weighted by atomic mass is 35.5. The lowest BCUT2D eigenvalue weighted by molar-refractivity contribution is -0.121. The van der Waals surface area contributed by atoms with Crippen molar-refractivity contribution in [3.05, 3.63) is 29.8 Å². The SMILES string of the molecule is CC(C)CNC(=O)Cn1c(CCl)nc2c(F)cccc21. The van der Waals surface area contributed by atoms with Crippen molar-refractivity contribution in [3.8, 4) is 0 Å². The van der Waals surface area contributed by atoms with Crippen LogP contribution in [0.5, 0.6) is 0 Å². The maximum atomic E-state index is 13.7. The predicted octanol–water partition coefficient (Wildman–Crippen LogP) is 2.69. The predicted molar refractivity (Wildman–Crippen MR) is 77.1 cm³/mol.